The van der Waals surface area contributed by atoms with Crippen LogP contribution in [0, 0.1) is 11.3 Å². The monoisotopic (exact) mass is 368 g/mol. The van der Waals surface area contributed by atoms with Crippen LogP contribution in [0.4, 0.5) is 18.0 Å². The molecule has 3 nitrogen and oxygen atoms in total. The zero-order valence-corrected chi connectivity index (χ0v) is 13.7. The fraction of sp³-hybridized carbons (Fsp3) is 0.400. The number of carbonyl (C=O) groups excluding carboxylic acids is 1. The third-order valence-corrected chi connectivity index (χ3v) is 4.15. The molecule has 0 aliphatic heterocycles. The Hall–Kier alpha value is -1.40. The van der Waals surface area contributed by atoms with E-state index in [0.29, 0.717) is 10.6 Å². The zero-order chi connectivity index (χ0) is 17.4. The van der Waals surface area contributed by atoms with Crippen LogP contribution in [0.5, 0.6) is 5.75 Å². The average Bonchev–Trinajstić information content (AvgIpc) is 2.88. The minimum Gasteiger partial charge on any atom is -0.449 e. The topological polar surface area (TPSA) is 35.5 Å². The Bertz CT molecular complexity index is 624. The number of halogens is 5. The Kier molecular flexibility index (Phi) is 4.87. The predicted molar refractivity (Wildman–Crippen MR) is 80.3 cm³/mol. The molecule has 1 aromatic carbocycles. The third kappa shape index (κ3) is 4.54. The number of carbonyl (C=O) groups is 1. The summed E-state index contributed by atoms with van der Waals surface area (Å²) in [5.41, 5.74) is -0.659. The number of alkyl halides is 3. The molecule has 1 aliphatic carbocycles. The van der Waals surface area contributed by atoms with E-state index in [2.05, 4.69) is 4.74 Å². The van der Waals surface area contributed by atoms with Crippen LogP contribution >= 0.6 is 23.2 Å². The number of hydrogen-bond donors (Lipinski definition) is 0. The van der Waals surface area contributed by atoms with Crippen LogP contribution < -0.4 is 4.74 Å². The molecule has 0 N–H and O–H groups in total. The van der Waals surface area contributed by atoms with Gasteiger partial charge in [-0.15, -0.1) is 13.2 Å². The second-order valence-electron chi connectivity index (χ2n) is 5.71. The summed E-state index contributed by atoms with van der Waals surface area (Å²) in [6, 6.07) is 5.18. The first-order valence-electron chi connectivity index (χ1n) is 6.60. The molecule has 0 amide bonds. The molecule has 1 aromatic rings. The highest BCUT2D eigenvalue weighted by molar-refractivity contribution is 6.61. The molecule has 0 saturated heterocycles. The maximum atomic E-state index is 12.1. The molecule has 0 bridgehead atoms. The van der Waals surface area contributed by atoms with Crippen molar-refractivity contribution in [3.05, 3.63) is 35.9 Å². The largest absolute Gasteiger partial charge is 0.573 e. The lowest BCUT2D eigenvalue weighted by Gasteiger charge is -2.09. The van der Waals surface area contributed by atoms with E-state index in [1.807, 2.05) is 13.8 Å². The molecule has 2 rings (SSSR count). The smallest absolute Gasteiger partial charge is 0.449 e. The van der Waals surface area contributed by atoms with Crippen LogP contribution in [-0.2, 0) is 4.74 Å². The first kappa shape index (κ1) is 17.9. The molecule has 1 fully saturated rings. The Morgan fingerprint density at radius 2 is 1.78 bits per heavy atom. The molecule has 23 heavy (non-hydrogen) atoms. The van der Waals surface area contributed by atoms with Crippen molar-refractivity contribution in [3.63, 3.8) is 0 Å². The summed E-state index contributed by atoms with van der Waals surface area (Å²) in [6.07, 6.45) is -3.42. The van der Waals surface area contributed by atoms with Crippen LogP contribution in [0.2, 0.25) is 0 Å². The van der Waals surface area contributed by atoms with Gasteiger partial charge in [-0.2, -0.15) is 0 Å². The molecule has 1 saturated carbocycles. The van der Waals surface area contributed by atoms with E-state index in [0.717, 1.165) is 0 Å². The van der Waals surface area contributed by atoms with Crippen LogP contribution in [-0.4, -0.2) is 17.9 Å². The lowest BCUT2D eigenvalue weighted by Crippen LogP contribution is -2.16. The summed E-state index contributed by atoms with van der Waals surface area (Å²) in [7, 11) is 0. The fourth-order valence-corrected chi connectivity index (χ4v) is 2.68. The van der Waals surface area contributed by atoms with Crippen LogP contribution in [0.3, 0.4) is 0 Å². The number of benzene rings is 1. The lowest BCUT2D eigenvalue weighted by molar-refractivity contribution is -0.274. The second-order valence-corrected chi connectivity index (χ2v) is 6.43. The Labute approximate surface area is 141 Å². The molecule has 0 aromatic heterocycles. The Morgan fingerprint density at radius 1 is 1.22 bits per heavy atom. The Morgan fingerprint density at radius 3 is 2.26 bits per heavy atom. The van der Waals surface area contributed by atoms with Crippen molar-refractivity contribution in [2.24, 2.45) is 11.3 Å². The van der Waals surface area contributed by atoms with Crippen LogP contribution in [0.15, 0.2) is 30.3 Å². The quantitative estimate of drug-likeness (QED) is 0.652. The second kappa shape index (κ2) is 6.24. The number of rotatable bonds is 4. The molecular formula is C15H13Cl2F3O3. The SMILES string of the molecule is CC1(C)C(C=C(Cl)c2ccc(OC(F)(F)F)cc2)C1OC(=O)Cl. The van der Waals surface area contributed by atoms with Crippen molar-refractivity contribution in [3.8, 4) is 5.75 Å². The standard InChI is InChI=1S/C15H13Cl2F3O3/c1-14(2)10(12(14)22-13(17)21)7-11(16)8-3-5-9(6-4-8)23-15(18,19)20/h3-7,10,12H,1-2H3. The van der Waals surface area contributed by atoms with Crippen molar-refractivity contribution in [1.29, 1.82) is 0 Å². The summed E-state index contributed by atoms with van der Waals surface area (Å²) in [6.45, 7) is 3.78. The third-order valence-electron chi connectivity index (χ3n) is 3.72. The van der Waals surface area contributed by atoms with Gasteiger partial charge in [0.15, 0.2) is 0 Å². The maximum absolute atomic E-state index is 12.1. The van der Waals surface area contributed by atoms with E-state index in [-0.39, 0.29) is 23.2 Å². The van der Waals surface area contributed by atoms with Gasteiger partial charge in [-0.3, -0.25) is 0 Å². The van der Waals surface area contributed by atoms with Gasteiger partial charge in [-0.05, 0) is 29.8 Å². The molecule has 0 radical (unpaired) electrons. The molecule has 0 heterocycles. The molecule has 0 spiro atoms. The summed E-state index contributed by atoms with van der Waals surface area (Å²) < 4.78 is 45.1. The summed E-state index contributed by atoms with van der Waals surface area (Å²) in [5, 5.41) is 0.342. The molecule has 8 heteroatoms. The van der Waals surface area contributed by atoms with Crippen molar-refractivity contribution in [2.75, 3.05) is 0 Å². The number of ether oxygens (including phenoxy) is 2. The van der Waals surface area contributed by atoms with Crippen molar-refractivity contribution in [2.45, 2.75) is 26.3 Å². The van der Waals surface area contributed by atoms with Gasteiger partial charge in [0, 0.05) is 28.0 Å². The van der Waals surface area contributed by atoms with Gasteiger partial charge in [-0.1, -0.05) is 31.5 Å². The molecule has 1 aliphatic rings. The van der Waals surface area contributed by atoms with Gasteiger partial charge < -0.3 is 9.47 Å². The van der Waals surface area contributed by atoms with Crippen molar-refractivity contribution in [1.82, 2.24) is 0 Å². The van der Waals surface area contributed by atoms with Gasteiger partial charge >= 0.3 is 11.8 Å². The van der Waals surface area contributed by atoms with Gasteiger partial charge in [0.1, 0.15) is 11.9 Å². The minimum absolute atomic E-state index is 0.121. The summed E-state index contributed by atoms with van der Waals surface area (Å²) >= 11 is 11.4. The minimum atomic E-state index is -4.74. The van der Waals surface area contributed by atoms with E-state index in [1.165, 1.54) is 24.3 Å². The highest BCUT2D eigenvalue weighted by Gasteiger charge is 2.59. The van der Waals surface area contributed by atoms with E-state index < -0.39 is 11.8 Å². The van der Waals surface area contributed by atoms with E-state index in [1.54, 1.807) is 6.08 Å². The van der Waals surface area contributed by atoms with Gasteiger partial charge in [0.2, 0.25) is 0 Å². The van der Waals surface area contributed by atoms with Gasteiger partial charge in [-0.25, -0.2) is 4.79 Å². The molecule has 2 atom stereocenters. The first-order chi connectivity index (χ1) is 10.5. The predicted octanol–water partition coefficient (Wildman–Crippen LogP) is 5.56. The summed E-state index contributed by atoms with van der Waals surface area (Å²) in [4.78, 5) is 10.8. The van der Waals surface area contributed by atoms with Crippen molar-refractivity contribution < 1.29 is 27.4 Å². The lowest BCUT2D eigenvalue weighted by atomic mass is 10.1. The highest BCUT2D eigenvalue weighted by atomic mass is 35.5. The highest BCUT2D eigenvalue weighted by Crippen LogP contribution is 2.56. The zero-order valence-electron chi connectivity index (χ0n) is 12.2. The Balaban J connectivity index is 2.09. The van der Waals surface area contributed by atoms with Crippen LogP contribution in [0.25, 0.3) is 5.03 Å². The number of hydrogen-bond acceptors (Lipinski definition) is 3. The van der Waals surface area contributed by atoms with E-state index in [4.69, 9.17) is 27.9 Å². The normalized spacial score (nSPS) is 23.3. The van der Waals surface area contributed by atoms with Crippen LogP contribution in [0.1, 0.15) is 19.4 Å². The van der Waals surface area contributed by atoms with Gasteiger partial charge in [0.25, 0.3) is 0 Å². The average molecular weight is 369 g/mol. The molecular weight excluding hydrogens is 356 g/mol. The molecule has 2 unspecified atom stereocenters. The van der Waals surface area contributed by atoms with E-state index in [9.17, 15) is 18.0 Å². The fourth-order valence-electron chi connectivity index (χ4n) is 2.33. The summed E-state index contributed by atoms with van der Waals surface area (Å²) in [5.74, 6) is -0.449. The molecule has 126 valence electrons. The maximum Gasteiger partial charge on any atom is 0.573 e. The first-order valence-corrected chi connectivity index (χ1v) is 7.36. The van der Waals surface area contributed by atoms with E-state index >= 15 is 0 Å². The van der Waals surface area contributed by atoms with Crippen molar-refractivity contribution >= 4 is 33.7 Å². The van der Waals surface area contributed by atoms with Gasteiger partial charge in [0.05, 0.1) is 0 Å².